The first kappa shape index (κ1) is 19.9. The molecule has 0 saturated carbocycles. The number of nitrogens with one attached hydrogen (secondary N) is 2. The summed E-state index contributed by atoms with van der Waals surface area (Å²) in [5.74, 6) is -1.12. The van der Waals surface area contributed by atoms with Crippen molar-refractivity contribution in [3.05, 3.63) is 40.4 Å². The largest absolute Gasteiger partial charge is 0.348 e. The molecule has 0 atom stereocenters. The molecule has 3 amide bonds. The zero-order chi connectivity index (χ0) is 20.1. The number of aromatic nitrogens is 2. The number of carbonyl (C=O) groups excluding carboxylic acids is 3. The third-order valence-corrected chi connectivity index (χ3v) is 5.63. The van der Waals surface area contributed by atoms with E-state index in [1.165, 1.54) is 0 Å². The predicted octanol–water partition coefficient (Wildman–Crippen LogP) is 1.76. The number of nitrogens with zero attached hydrogens (tertiary/aromatic N) is 3. The van der Waals surface area contributed by atoms with Crippen LogP contribution in [0.15, 0.2) is 24.3 Å². The number of aryl methyl sites for hydroxylation is 2. The van der Waals surface area contributed by atoms with E-state index in [-0.39, 0.29) is 11.8 Å². The monoisotopic (exact) mass is 401 g/mol. The molecule has 2 N–H and O–H groups in total. The lowest BCUT2D eigenvalue weighted by Crippen LogP contribution is -2.43. The number of rotatable bonds is 4. The molecular weight excluding hydrogens is 378 g/mol. The fourth-order valence-electron chi connectivity index (χ4n) is 3.05. The van der Waals surface area contributed by atoms with Gasteiger partial charge in [-0.1, -0.05) is 22.2 Å². The smallest absolute Gasteiger partial charge is 0.313 e. The highest BCUT2D eigenvalue weighted by Crippen LogP contribution is 2.20. The highest BCUT2D eigenvalue weighted by Gasteiger charge is 2.26. The minimum absolute atomic E-state index is 0.0348. The number of piperidine rings is 1. The second kappa shape index (κ2) is 8.92. The van der Waals surface area contributed by atoms with Crippen molar-refractivity contribution in [2.24, 2.45) is 5.92 Å². The third-order valence-electron chi connectivity index (χ3n) is 4.81. The maximum Gasteiger partial charge on any atom is 0.313 e. The van der Waals surface area contributed by atoms with Crippen molar-refractivity contribution in [1.29, 1.82) is 0 Å². The van der Waals surface area contributed by atoms with Crippen molar-refractivity contribution in [3.8, 4) is 0 Å². The van der Waals surface area contributed by atoms with E-state index in [0.29, 0.717) is 35.9 Å². The molecule has 0 bridgehead atoms. The van der Waals surface area contributed by atoms with E-state index in [9.17, 15) is 14.4 Å². The van der Waals surface area contributed by atoms with Crippen molar-refractivity contribution in [2.45, 2.75) is 26.7 Å². The number of hydrogen-bond acceptors (Lipinski definition) is 6. The molecule has 1 fully saturated rings. The lowest BCUT2D eigenvalue weighted by molar-refractivity contribution is -0.136. The number of anilines is 1. The van der Waals surface area contributed by atoms with Gasteiger partial charge in [0.05, 0.1) is 5.69 Å². The maximum atomic E-state index is 12.5. The van der Waals surface area contributed by atoms with Gasteiger partial charge in [0, 0.05) is 25.3 Å². The van der Waals surface area contributed by atoms with Crippen LogP contribution >= 0.6 is 11.5 Å². The average Bonchev–Trinajstić information content (AvgIpc) is 3.13. The molecule has 8 nitrogen and oxygen atoms in total. The average molecular weight is 401 g/mol. The Balaban J connectivity index is 1.41. The molecule has 0 unspecified atom stereocenters. The molecule has 2 aromatic rings. The Morgan fingerprint density at radius 2 is 1.79 bits per heavy atom. The molecule has 9 heteroatoms. The van der Waals surface area contributed by atoms with E-state index in [2.05, 4.69) is 20.2 Å². The van der Waals surface area contributed by atoms with Gasteiger partial charge in [0.25, 0.3) is 5.91 Å². The minimum atomic E-state index is -0.676. The van der Waals surface area contributed by atoms with Crippen LogP contribution in [0.2, 0.25) is 0 Å². The van der Waals surface area contributed by atoms with Gasteiger partial charge in [0.15, 0.2) is 0 Å². The summed E-state index contributed by atoms with van der Waals surface area (Å²) in [4.78, 5) is 38.9. The Hall–Kier alpha value is -2.81. The Labute approximate surface area is 167 Å². The summed E-state index contributed by atoms with van der Waals surface area (Å²) in [6, 6.07) is 7.25. The molecule has 0 spiro atoms. The normalized spacial score (nSPS) is 14.6. The van der Waals surface area contributed by atoms with Crippen molar-refractivity contribution in [3.63, 3.8) is 0 Å². The van der Waals surface area contributed by atoms with Gasteiger partial charge >= 0.3 is 11.8 Å². The van der Waals surface area contributed by atoms with Crippen LogP contribution in [-0.2, 0) is 9.59 Å². The van der Waals surface area contributed by atoms with Gasteiger partial charge < -0.3 is 15.5 Å². The van der Waals surface area contributed by atoms with E-state index < -0.39 is 11.8 Å². The van der Waals surface area contributed by atoms with Gasteiger partial charge in [0.1, 0.15) is 4.88 Å². The van der Waals surface area contributed by atoms with Crippen LogP contribution in [-0.4, -0.2) is 51.8 Å². The maximum absolute atomic E-state index is 12.5. The fraction of sp³-hybridized carbons (Fsp3) is 0.421. The molecule has 0 aliphatic carbocycles. The predicted molar refractivity (Wildman–Crippen MR) is 106 cm³/mol. The van der Waals surface area contributed by atoms with Crippen molar-refractivity contribution in [2.75, 3.05) is 25.0 Å². The van der Waals surface area contributed by atoms with E-state index >= 15 is 0 Å². The van der Waals surface area contributed by atoms with Gasteiger partial charge in [-0.3, -0.25) is 14.4 Å². The minimum Gasteiger partial charge on any atom is -0.348 e. The Morgan fingerprint density at radius 3 is 2.39 bits per heavy atom. The summed E-state index contributed by atoms with van der Waals surface area (Å²) < 4.78 is 3.81. The van der Waals surface area contributed by atoms with Crippen LogP contribution < -0.4 is 10.6 Å². The third kappa shape index (κ3) is 4.92. The summed E-state index contributed by atoms with van der Waals surface area (Å²) in [6.07, 6.45) is 1.55. The molecular formula is C19H23N5O3S. The fourth-order valence-corrected chi connectivity index (χ4v) is 3.68. The first-order chi connectivity index (χ1) is 13.4. The van der Waals surface area contributed by atoms with Gasteiger partial charge in [-0.25, -0.2) is 0 Å². The molecule has 1 aromatic heterocycles. The van der Waals surface area contributed by atoms with Crippen LogP contribution in [0.3, 0.4) is 0 Å². The topological polar surface area (TPSA) is 104 Å². The molecule has 1 aromatic carbocycles. The van der Waals surface area contributed by atoms with Crippen LogP contribution in [0.25, 0.3) is 0 Å². The quantitative estimate of drug-likeness (QED) is 0.760. The van der Waals surface area contributed by atoms with Gasteiger partial charge in [-0.15, -0.1) is 5.10 Å². The summed E-state index contributed by atoms with van der Waals surface area (Å²) >= 11 is 1.12. The van der Waals surface area contributed by atoms with Gasteiger partial charge in [-0.2, -0.15) is 0 Å². The molecule has 1 aliphatic rings. The Kier molecular flexibility index (Phi) is 6.35. The van der Waals surface area contributed by atoms with E-state index in [0.717, 1.165) is 29.9 Å². The van der Waals surface area contributed by atoms with Crippen molar-refractivity contribution >= 4 is 34.9 Å². The first-order valence-corrected chi connectivity index (χ1v) is 9.95. The standard InChI is InChI=1S/C19H23N5O3S/c1-12-3-5-15(6-4-12)21-18(26)17(25)20-11-14-7-9-24(10-8-14)19(27)16-13(2)22-23-28-16/h3-6,14H,7-11H2,1-2H3,(H,20,25)(H,21,26). The highest BCUT2D eigenvalue weighted by molar-refractivity contribution is 7.07. The number of likely N-dealkylation sites (tertiary alicyclic amines) is 1. The molecule has 0 radical (unpaired) electrons. The number of amides is 3. The number of carbonyl (C=O) groups is 3. The second-order valence-corrected chi connectivity index (χ2v) is 7.71. The molecule has 3 rings (SSSR count). The van der Waals surface area contributed by atoms with E-state index in [1.54, 1.807) is 24.0 Å². The van der Waals surface area contributed by atoms with Gasteiger partial charge in [-0.05, 0) is 56.3 Å². The zero-order valence-electron chi connectivity index (χ0n) is 15.9. The molecule has 28 heavy (non-hydrogen) atoms. The summed E-state index contributed by atoms with van der Waals surface area (Å²) in [7, 11) is 0. The molecule has 148 valence electrons. The molecule has 2 heterocycles. The van der Waals surface area contributed by atoms with Crippen LogP contribution in [0.4, 0.5) is 5.69 Å². The first-order valence-electron chi connectivity index (χ1n) is 9.18. The van der Waals surface area contributed by atoms with E-state index in [4.69, 9.17) is 0 Å². The Morgan fingerprint density at radius 1 is 1.11 bits per heavy atom. The van der Waals surface area contributed by atoms with E-state index in [1.807, 2.05) is 19.1 Å². The second-order valence-electron chi connectivity index (χ2n) is 6.95. The summed E-state index contributed by atoms with van der Waals surface area (Å²) in [6.45, 7) is 5.38. The zero-order valence-corrected chi connectivity index (χ0v) is 16.7. The lowest BCUT2D eigenvalue weighted by atomic mass is 9.96. The van der Waals surface area contributed by atoms with Crippen LogP contribution in [0.5, 0.6) is 0 Å². The summed E-state index contributed by atoms with van der Waals surface area (Å²) in [5, 5.41) is 9.16. The molecule has 1 aliphatic heterocycles. The van der Waals surface area contributed by atoms with Crippen LogP contribution in [0.1, 0.15) is 33.8 Å². The Bertz CT molecular complexity index is 857. The SMILES string of the molecule is Cc1ccc(NC(=O)C(=O)NCC2CCN(C(=O)c3snnc3C)CC2)cc1. The van der Waals surface area contributed by atoms with Gasteiger partial charge in [0.2, 0.25) is 0 Å². The lowest BCUT2D eigenvalue weighted by Gasteiger charge is -2.31. The number of hydrogen-bond donors (Lipinski definition) is 2. The molecule has 1 saturated heterocycles. The highest BCUT2D eigenvalue weighted by atomic mass is 32.1. The number of benzene rings is 1. The van der Waals surface area contributed by atoms with Crippen molar-refractivity contribution < 1.29 is 14.4 Å². The van der Waals surface area contributed by atoms with Crippen LogP contribution in [0, 0.1) is 19.8 Å². The van der Waals surface area contributed by atoms with Crippen molar-refractivity contribution in [1.82, 2.24) is 19.8 Å². The summed E-state index contributed by atoms with van der Waals surface area (Å²) in [5.41, 5.74) is 2.32.